The predicted octanol–water partition coefficient (Wildman–Crippen LogP) is 3.25. The van der Waals surface area contributed by atoms with Crippen molar-refractivity contribution in [2.75, 3.05) is 5.32 Å². The average Bonchev–Trinajstić information content (AvgIpc) is 2.36. The zero-order valence-corrected chi connectivity index (χ0v) is 11.1. The Morgan fingerprint density at radius 2 is 1.65 bits per heavy atom. The second kappa shape index (κ2) is 5.71. The molecule has 0 aliphatic heterocycles. The van der Waals surface area contributed by atoms with Crippen molar-refractivity contribution in [3.05, 3.63) is 65.7 Å². The van der Waals surface area contributed by atoms with E-state index in [1.165, 1.54) is 30.3 Å². The third kappa shape index (κ3) is 3.63. The fourth-order valence-corrected chi connectivity index (χ4v) is 2.61. The number of rotatable bonds is 4. The van der Waals surface area contributed by atoms with E-state index in [1.54, 1.807) is 0 Å². The Hall–Kier alpha value is -1.75. The second-order valence-corrected chi connectivity index (χ2v) is 5.89. The number of benzene rings is 2. The Bertz CT molecular complexity index is 642. The second-order valence-electron chi connectivity index (χ2n) is 4.20. The van der Waals surface area contributed by atoms with Crippen molar-refractivity contribution in [3.63, 3.8) is 0 Å². The molecule has 2 aromatic carbocycles. The molecule has 0 saturated carbocycles. The molecule has 2 rings (SSSR count). The van der Waals surface area contributed by atoms with E-state index >= 15 is 0 Å². The molecule has 0 aromatic heterocycles. The molecule has 0 fully saturated rings. The Morgan fingerprint density at radius 1 is 1.00 bits per heavy atom. The van der Waals surface area contributed by atoms with Gasteiger partial charge < -0.3 is 15.1 Å². The normalized spacial score (nSPS) is 13.0. The number of hydrogen-bond acceptors (Lipinski definition) is 2. The molecule has 0 heterocycles. The molecule has 0 saturated heterocycles. The van der Waals surface area contributed by atoms with Gasteiger partial charge in [0.05, 0.1) is 0 Å². The molecule has 0 aliphatic rings. The first-order chi connectivity index (χ1) is 9.36. The molecule has 3 N–H and O–H groups in total. The maximum atomic E-state index is 13.2. The number of anilines is 1. The van der Waals surface area contributed by atoms with Crippen LogP contribution in [-0.4, -0.2) is 9.79 Å². The largest absolute Gasteiger partial charge is 0.368 e. The number of nitrogens with one attached hydrogen (secondary N) is 1. The van der Waals surface area contributed by atoms with E-state index in [1.807, 2.05) is 0 Å². The molecule has 0 amide bonds. The predicted molar refractivity (Wildman–Crippen MR) is 71.2 cm³/mol. The van der Waals surface area contributed by atoms with E-state index in [-0.39, 0.29) is 5.56 Å². The summed E-state index contributed by atoms with van der Waals surface area (Å²) >= 11 is 0. The maximum absolute atomic E-state index is 13.2. The summed E-state index contributed by atoms with van der Waals surface area (Å²) in [6.45, 7) is 0. The van der Waals surface area contributed by atoms with Crippen LogP contribution in [0.25, 0.3) is 0 Å². The molecule has 4 nitrogen and oxygen atoms in total. The van der Waals surface area contributed by atoms with Gasteiger partial charge in [-0.2, -0.15) is 0 Å². The lowest BCUT2D eigenvalue weighted by atomic mass is 10.2. The van der Waals surface area contributed by atoms with Crippen LogP contribution in [-0.2, 0) is 4.57 Å². The van der Waals surface area contributed by atoms with Crippen molar-refractivity contribution in [1.82, 2.24) is 0 Å². The van der Waals surface area contributed by atoms with Gasteiger partial charge in [0.1, 0.15) is 11.6 Å². The topological polar surface area (TPSA) is 69.6 Å². The highest BCUT2D eigenvalue weighted by atomic mass is 31.2. The van der Waals surface area contributed by atoms with Crippen LogP contribution < -0.4 is 5.32 Å². The van der Waals surface area contributed by atoms with Crippen LogP contribution in [0.1, 0.15) is 11.3 Å². The number of halogens is 2. The first kappa shape index (κ1) is 14.7. The third-order valence-electron chi connectivity index (χ3n) is 2.65. The molecule has 0 radical (unpaired) electrons. The van der Waals surface area contributed by atoms with Crippen molar-refractivity contribution in [3.8, 4) is 0 Å². The van der Waals surface area contributed by atoms with Gasteiger partial charge in [0, 0.05) is 5.69 Å². The minimum Gasteiger partial charge on any atom is -0.368 e. The van der Waals surface area contributed by atoms with Crippen molar-refractivity contribution in [2.24, 2.45) is 0 Å². The van der Waals surface area contributed by atoms with Crippen molar-refractivity contribution in [2.45, 2.75) is 5.78 Å². The summed E-state index contributed by atoms with van der Waals surface area (Å²) in [4.78, 5) is 18.8. The summed E-state index contributed by atoms with van der Waals surface area (Å²) < 4.78 is 37.5. The van der Waals surface area contributed by atoms with Crippen LogP contribution in [0, 0.1) is 11.6 Å². The molecule has 7 heteroatoms. The van der Waals surface area contributed by atoms with Gasteiger partial charge in [0.25, 0.3) is 0 Å². The van der Waals surface area contributed by atoms with Crippen molar-refractivity contribution < 1.29 is 23.1 Å². The molecule has 0 bridgehead atoms. The Balaban J connectivity index is 2.34. The van der Waals surface area contributed by atoms with Crippen LogP contribution in [0.15, 0.2) is 48.5 Å². The summed E-state index contributed by atoms with van der Waals surface area (Å²) in [6.07, 6.45) is 0. The van der Waals surface area contributed by atoms with Gasteiger partial charge in [-0.15, -0.1) is 0 Å². The lowest BCUT2D eigenvalue weighted by Gasteiger charge is -2.21. The van der Waals surface area contributed by atoms with E-state index in [0.29, 0.717) is 5.69 Å². The molecule has 1 unspecified atom stereocenters. The molecule has 0 spiro atoms. The highest BCUT2D eigenvalue weighted by molar-refractivity contribution is 7.52. The Morgan fingerprint density at radius 3 is 2.20 bits per heavy atom. The average molecular weight is 299 g/mol. The SMILES string of the molecule is O=P(O)(O)C(Nc1ccc(F)cc1)c1cccc(F)c1. The summed E-state index contributed by atoms with van der Waals surface area (Å²) in [5.74, 6) is -2.46. The minimum absolute atomic E-state index is 0.114. The van der Waals surface area contributed by atoms with Gasteiger partial charge >= 0.3 is 7.60 Å². The molecular weight excluding hydrogens is 287 g/mol. The van der Waals surface area contributed by atoms with Gasteiger partial charge in [-0.3, -0.25) is 4.57 Å². The van der Waals surface area contributed by atoms with Crippen LogP contribution in [0.2, 0.25) is 0 Å². The quantitative estimate of drug-likeness (QED) is 0.758. The summed E-state index contributed by atoms with van der Waals surface area (Å²) in [5, 5.41) is 2.59. The van der Waals surface area contributed by atoms with Gasteiger partial charge in [-0.05, 0) is 42.0 Å². The first-order valence-electron chi connectivity index (χ1n) is 5.69. The zero-order chi connectivity index (χ0) is 14.8. The first-order valence-corrected chi connectivity index (χ1v) is 7.37. The van der Waals surface area contributed by atoms with Crippen LogP contribution in [0.4, 0.5) is 14.5 Å². The lowest BCUT2D eigenvalue weighted by Crippen LogP contribution is -2.11. The lowest BCUT2D eigenvalue weighted by molar-refractivity contribution is 0.363. The molecule has 20 heavy (non-hydrogen) atoms. The summed E-state index contributed by atoms with van der Waals surface area (Å²) in [7, 11) is -4.57. The van der Waals surface area contributed by atoms with E-state index in [2.05, 4.69) is 5.32 Å². The Kier molecular flexibility index (Phi) is 4.18. The fourth-order valence-electron chi connectivity index (χ4n) is 1.74. The monoisotopic (exact) mass is 299 g/mol. The summed E-state index contributed by atoms with van der Waals surface area (Å²) in [6, 6.07) is 9.99. The van der Waals surface area contributed by atoms with Crippen molar-refractivity contribution >= 4 is 13.3 Å². The van der Waals surface area contributed by atoms with E-state index < -0.39 is 25.0 Å². The minimum atomic E-state index is -4.57. The standard InChI is InChI=1S/C13H12F2NO3P/c14-10-4-6-12(7-5-10)16-13(20(17,18)19)9-2-1-3-11(15)8-9/h1-8,13,16H,(H2,17,18,19). The molecule has 106 valence electrons. The van der Waals surface area contributed by atoms with Gasteiger partial charge in [-0.25, -0.2) is 8.78 Å². The highest BCUT2D eigenvalue weighted by Gasteiger charge is 2.30. The van der Waals surface area contributed by atoms with E-state index in [0.717, 1.165) is 18.2 Å². The van der Waals surface area contributed by atoms with Gasteiger partial charge in [-0.1, -0.05) is 12.1 Å². The Labute approximate surface area is 114 Å². The molecule has 1 atom stereocenters. The summed E-state index contributed by atoms with van der Waals surface area (Å²) in [5.41, 5.74) is 0.437. The van der Waals surface area contributed by atoms with Crippen LogP contribution in [0.3, 0.4) is 0 Å². The molecule has 2 aromatic rings. The van der Waals surface area contributed by atoms with Gasteiger partial charge in [0.15, 0.2) is 5.78 Å². The molecule has 0 aliphatic carbocycles. The number of hydrogen-bond donors (Lipinski definition) is 3. The third-order valence-corrected chi connectivity index (χ3v) is 3.75. The highest BCUT2D eigenvalue weighted by Crippen LogP contribution is 2.51. The van der Waals surface area contributed by atoms with Crippen LogP contribution >= 0.6 is 7.60 Å². The van der Waals surface area contributed by atoms with Crippen LogP contribution in [0.5, 0.6) is 0 Å². The molecular formula is C13H12F2NO3P. The van der Waals surface area contributed by atoms with E-state index in [9.17, 15) is 23.1 Å². The smallest absolute Gasteiger partial charge is 0.352 e. The van der Waals surface area contributed by atoms with E-state index in [4.69, 9.17) is 0 Å². The zero-order valence-electron chi connectivity index (χ0n) is 10.2. The maximum Gasteiger partial charge on any atom is 0.352 e. The fraction of sp³-hybridized carbons (Fsp3) is 0.0769. The van der Waals surface area contributed by atoms with Gasteiger partial charge in [0.2, 0.25) is 0 Å². The van der Waals surface area contributed by atoms with Crippen molar-refractivity contribution in [1.29, 1.82) is 0 Å².